The van der Waals surface area contributed by atoms with E-state index in [1.165, 1.54) is 12.1 Å². The number of carbonyl (C=O) groups is 1. The van der Waals surface area contributed by atoms with Crippen LogP contribution in [-0.4, -0.2) is 19.4 Å². The second kappa shape index (κ2) is 7.51. The molecule has 0 radical (unpaired) electrons. The number of hydrogen-bond donors (Lipinski definition) is 0. The van der Waals surface area contributed by atoms with E-state index in [2.05, 4.69) is 0 Å². The molecule has 24 heavy (non-hydrogen) atoms. The van der Waals surface area contributed by atoms with Gasteiger partial charge in [0.15, 0.2) is 13.4 Å². The molecule has 0 unspecified atom stereocenters. The molecule has 0 fully saturated rings. The van der Waals surface area contributed by atoms with Gasteiger partial charge in [0, 0.05) is 16.1 Å². The fourth-order valence-electron chi connectivity index (χ4n) is 2.26. The van der Waals surface area contributed by atoms with Crippen molar-refractivity contribution in [1.82, 2.24) is 0 Å². The fraction of sp³-hybridized carbons (Fsp3) is 0.235. The lowest BCUT2D eigenvalue weighted by Gasteiger charge is -2.20. The van der Waals surface area contributed by atoms with Crippen LogP contribution in [0.2, 0.25) is 5.02 Å². The number of ether oxygens (including phenoxy) is 4. The molecule has 0 amide bonds. The minimum absolute atomic E-state index is 0.0808. The van der Waals surface area contributed by atoms with E-state index in [1.54, 1.807) is 24.3 Å². The van der Waals surface area contributed by atoms with Crippen molar-refractivity contribution in [2.45, 2.75) is 13.2 Å². The Balaban J connectivity index is 1.57. The van der Waals surface area contributed by atoms with Crippen molar-refractivity contribution in [3.8, 4) is 11.5 Å². The lowest BCUT2D eigenvalue weighted by atomic mass is 10.1. The predicted molar refractivity (Wildman–Crippen MR) is 83.4 cm³/mol. The molecular formula is C17H14ClFO5. The van der Waals surface area contributed by atoms with Gasteiger partial charge in [0.05, 0.1) is 6.61 Å². The molecule has 0 bridgehead atoms. The highest BCUT2D eigenvalue weighted by atomic mass is 35.5. The molecule has 0 atom stereocenters. The first kappa shape index (κ1) is 16.5. The summed E-state index contributed by atoms with van der Waals surface area (Å²) >= 11 is 5.83. The number of carbonyl (C=O) groups excluding carboxylic acids is 1. The van der Waals surface area contributed by atoms with Gasteiger partial charge < -0.3 is 18.9 Å². The van der Waals surface area contributed by atoms with Crippen molar-refractivity contribution >= 4 is 17.6 Å². The highest BCUT2D eigenvalue weighted by molar-refractivity contribution is 6.30. The standard InChI is InChI=1S/C17H14ClFO5/c18-13-2-1-3-15(6-13)22-9-16(20)23-8-12-5-14(19)4-11-7-21-10-24-17(11)12/h1-6H,7-10H2. The highest BCUT2D eigenvalue weighted by Crippen LogP contribution is 2.30. The van der Waals surface area contributed by atoms with E-state index in [-0.39, 0.29) is 26.6 Å². The quantitative estimate of drug-likeness (QED) is 0.771. The van der Waals surface area contributed by atoms with Gasteiger partial charge >= 0.3 is 5.97 Å². The summed E-state index contributed by atoms with van der Waals surface area (Å²) in [7, 11) is 0. The molecule has 7 heteroatoms. The summed E-state index contributed by atoms with van der Waals surface area (Å²) in [6.45, 7) is -0.0526. The number of halogens is 2. The van der Waals surface area contributed by atoms with Crippen LogP contribution in [0, 0.1) is 5.82 Å². The third-order valence-electron chi connectivity index (χ3n) is 3.29. The number of rotatable bonds is 5. The maximum atomic E-state index is 13.6. The van der Waals surface area contributed by atoms with E-state index in [4.69, 9.17) is 30.5 Å². The molecule has 0 aromatic heterocycles. The Morgan fingerprint density at radius 1 is 1.29 bits per heavy atom. The van der Waals surface area contributed by atoms with Gasteiger partial charge in [-0.2, -0.15) is 0 Å². The highest BCUT2D eigenvalue weighted by Gasteiger charge is 2.18. The molecule has 0 spiro atoms. The molecule has 126 valence electrons. The Kier molecular flexibility index (Phi) is 5.17. The smallest absolute Gasteiger partial charge is 0.344 e. The number of hydrogen-bond acceptors (Lipinski definition) is 5. The zero-order valence-electron chi connectivity index (χ0n) is 12.6. The van der Waals surface area contributed by atoms with Crippen LogP contribution < -0.4 is 9.47 Å². The first-order chi connectivity index (χ1) is 11.6. The molecule has 1 aliphatic heterocycles. The molecular weight excluding hydrogens is 339 g/mol. The van der Waals surface area contributed by atoms with Crippen LogP contribution in [0.1, 0.15) is 11.1 Å². The lowest BCUT2D eigenvalue weighted by Crippen LogP contribution is -2.17. The summed E-state index contributed by atoms with van der Waals surface area (Å²) in [5, 5.41) is 0.506. The van der Waals surface area contributed by atoms with E-state index in [0.29, 0.717) is 27.6 Å². The molecule has 3 rings (SSSR count). The minimum atomic E-state index is -0.583. The molecule has 2 aromatic rings. The molecule has 1 heterocycles. The molecule has 0 aliphatic carbocycles. The average Bonchev–Trinajstić information content (AvgIpc) is 2.57. The SMILES string of the molecule is O=C(COc1cccc(Cl)c1)OCc1cc(F)cc2c1OCOC2. The third kappa shape index (κ3) is 4.15. The molecule has 0 saturated heterocycles. The zero-order valence-corrected chi connectivity index (χ0v) is 13.3. The third-order valence-corrected chi connectivity index (χ3v) is 3.53. The summed E-state index contributed by atoms with van der Waals surface area (Å²) < 4.78 is 34.5. The lowest BCUT2D eigenvalue weighted by molar-refractivity contribution is -0.147. The van der Waals surface area contributed by atoms with E-state index in [1.807, 2.05) is 0 Å². The Hall–Kier alpha value is -2.31. The summed E-state index contributed by atoms with van der Waals surface area (Å²) in [6, 6.07) is 9.28. The van der Waals surface area contributed by atoms with Gasteiger partial charge in [-0.1, -0.05) is 17.7 Å². The van der Waals surface area contributed by atoms with Crippen molar-refractivity contribution in [2.24, 2.45) is 0 Å². The van der Waals surface area contributed by atoms with Gasteiger partial charge in [0.25, 0.3) is 0 Å². The fourth-order valence-corrected chi connectivity index (χ4v) is 2.44. The van der Waals surface area contributed by atoms with Crippen LogP contribution in [-0.2, 0) is 27.5 Å². The predicted octanol–water partition coefficient (Wildman–Crippen LogP) is 3.47. The van der Waals surface area contributed by atoms with Gasteiger partial charge in [-0.15, -0.1) is 0 Å². The van der Waals surface area contributed by atoms with Gasteiger partial charge in [-0.05, 0) is 30.3 Å². The van der Waals surface area contributed by atoms with Gasteiger partial charge in [-0.25, -0.2) is 9.18 Å². The van der Waals surface area contributed by atoms with Crippen LogP contribution in [0.5, 0.6) is 11.5 Å². The molecule has 0 saturated carbocycles. The maximum absolute atomic E-state index is 13.6. The van der Waals surface area contributed by atoms with Crippen molar-refractivity contribution in [1.29, 1.82) is 0 Å². The summed E-state index contributed by atoms with van der Waals surface area (Å²) in [6.07, 6.45) is 0. The molecule has 0 N–H and O–H groups in total. The normalized spacial score (nSPS) is 12.9. The van der Waals surface area contributed by atoms with Crippen molar-refractivity contribution in [3.05, 3.63) is 58.4 Å². The van der Waals surface area contributed by atoms with Crippen LogP contribution in [0.4, 0.5) is 4.39 Å². The van der Waals surface area contributed by atoms with Gasteiger partial charge in [-0.3, -0.25) is 0 Å². The monoisotopic (exact) mass is 352 g/mol. The van der Waals surface area contributed by atoms with Crippen molar-refractivity contribution < 1.29 is 28.1 Å². The molecule has 1 aliphatic rings. The zero-order chi connectivity index (χ0) is 16.9. The topological polar surface area (TPSA) is 54.0 Å². The Labute approximate surface area is 142 Å². The minimum Gasteiger partial charge on any atom is -0.482 e. The first-order valence-corrected chi connectivity index (χ1v) is 7.55. The van der Waals surface area contributed by atoms with Gasteiger partial charge in [0.2, 0.25) is 0 Å². The van der Waals surface area contributed by atoms with Crippen LogP contribution in [0.25, 0.3) is 0 Å². The second-order valence-corrected chi connectivity index (χ2v) is 5.51. The molecule has 2 aromatic carbocycles. The Morgan fingerprint density at radius 3 is 3.00 bits per heavy atom. The van der Waals surface area contributed by atoms with Crippen LogP contribution >= 0.6 is 11.6 Å². The van der Waals surface area contributed by atoms with E-state index in [9.17, 15) is 9.18 Å². The van der Waals surface area contributed by atoms with Crippen molar-refractivity contribution in [2.75, 3.05) is 13.4 Å². The number of benzene rings is 2. The largest absolute Gasteiger partial charge is 0.482 e. The van der Waals surface area contributed by atoms with Crippen LogP contribution in [0.15, 0.2) is 36.4 Å². The number of esters is 1. The van der Waals surface area contributed by atoms with Crippen LogP contribution in [0.3, 0.4) is 0 Å². The maximum Gasteiger partial charge on any atom is 0.344 e. The molecule has 5 nitrogen and oxygen atoms in total. The van der Waals surface area contributed by atoms with Crippen molar-refractivity contribution in [3.63, 3.8) is 0 Å². The first-order valence-electron chi connectivity index (χ1n) is 7.17. The number of fused-ring (bicyclic) bond motifs is 1. The summed E-state index contributed by atoms with van der Waals surface area (Å²) in [5.74, 6) is -0.0709. The Morgan fingerprint density at radius 2 is 2.17 bits per heavy atom. The second-order valence-electron chi connectivity index (χ2n) is 5.07. The van der Waals surface area contributed by atoms with E-state index < -0.39 is 11.8 Å². The summed E-state index contributed by atoms with van der Waals surface area (Å²) in [5.41, 5.74) is 1.03. The van der Waals surface area contributed by atoms with E-state index >= 15 is 0 Å². The van der Waals surface area contributed by atoms with Gasteiger partial charge in [0.1, 0.15) is 23.9 Å². The average molecular weight is 353 g/mol. The summed E-state index contributed by atoms with van der Waals surface area (Å²) in [4.78, 5) is 11.8. The Bertz CT molecular complexity index is 750. The van der Waals surface area contributed by atoms with E-state index in [0.717, 1.165) is 0 Å².